The molecular formula is C14H20N2O. The van der Waals surface area contributed by atoms with Crippen molar-refractivity contribution in [3.05, 3.63) is 29.8 Å². The summed E-state index contributed by atoms with van der Waals surface area (Å²) in [4.78, 5) is 10.9. The van der Waals surface area contributed by atoms with E-state index in [0.717, 1.165) is 5.69 Å². The van der Waals surface area contributed by atoms with Crippen LogP contribution in [-0.4, -0.2) is 11.9 Å². The van der Waals surface area contributed by atoms with Gasteiger partial charge in [0.15, 0.2) is 0 Å². The fourth-order valence-corrected chi connectivity index (χ4v) is 2.53. The van der Waals surface area contributed by atoms with Crippen molar-refractivity contribution in [1.82, 2.24) is 0 Å². The van der Waals surface area contributed by atoms with E-state index in [2.05, 4.69) is 19.2 Å². The van der Waals surface area contributed by atoms with Gasteiger partial charge in [0.2, 0.25) is 5.91 Å². The second-order valence-corrected chi connectivity index (χ2v) is 5.69. The number of nitrogens with two attached hydrogens (primary N) is 1. The summed E-state index contributed by atoms with van der Waals surface area (Å²) in [5, 5.41) is 3.51. The summed E-state index contributed by atoms with van der Waals surface area (Å²) in [6.45, 7) is 4.62. The van der Waals surface area contributed by atoms with E-state index in [1.54, 1.807) is 12.1 Å². The smallest absolute Gasteiger partial charge is 0.248 e. The van der Waals surface area contributed by atoms with E-state index in [1.165, 1.54) is 19.3 Å². The number of hydrogen-bond donors (Lipinski definition) is 2. The van der Waals surface area contributed by atoms with Gasteiger partial charge in [0.25, 0.3) is 0 Å². The van der Waals surface area contributed by atoms with E-state index in [0.29, 0.717) is 17.0 Å². The van der Waals surface area contributed by atoms with Crippen molar-refractivity contribution in [3.63, 3.8) is 0 Å². The highest BCUT2D eigenvalue weighted by atomic mass is 16.1. The molecule has 2 rings (SSSR count). The maximum atomic E-state index is 10.9. The molecule has 1 aromatic carbocycles. The van der Waals surface area contributed by atoms with Gasteiger partial charge >= 0.3 is 0 Å². The predicted octanol–water partition coefficient (Wildman–Crippen LogP) is 2.78. The summed E-state index contributed by atoms with van der Waals surface area (Å²) in [5.41, 5.74) is 7.28. The first-order valence-electron chi connectivity index (χ1n) is 6.13. The van der Waals surface area contributed by atoms with Crippen LogP contribution < -0.4 is 11.1 Å². The lowest BCUT2D eigenvalue weighted by molar-refractivity contribution is 0.100. The third-order valence-corrected chi connectivity index (χ3v) is 3.51. The van der Waals surface area contributed by atoms with Crippen LogP contribution in [0.3, 0.4) is 0 Å². The van der Waals surface area contributed by atoms with E-state index < -0.39 is 0 Å². The Kier molecular flexibility index (Phi) is 3.09. The van der Waals surface area contributed by atoms with Crippen LogP contribution in [0.2, 0.25) is 0 Å². The highest BCUT2D eigenvalue weighted by Crippen LogP contribution is 2.38. The summed E-state index contributed by atoms with van der Waals surface area (Å²) in [5.74, 6) is -0.376. The minimum absolute atomic E-state index is 0.376. The third kappa shape index (κ3) is 2.99. The number of nitrogens with one attached hydrogen (secondary N) is 1. The molecule has 1 atom stereocenters. The van der Waals surface area contributed by atoms with Crippen molar-refractivity contribution in [2.75, 3.05) is 5.32 Å². The molecule has 1 aliphatic rings. The van der Waals surface area contributed by atoms with Crippen molar-refractivity contribution in [2.45, 2.75) is 39.2 Å². The Morgan fingerprint density at radius 1 is 1.35 bits per heavy atom. The van der Waals surface area contributed by atoms with Crippen LogP contribution in [0, 0.1) is 5.41 Å². The summed E-state index contributed by atoms with van der Waals surface area (Å²) in [6, 6.07) is 7.93. The lowest BCUT2D eigenvalue weighted by Crippen LogP contribution is -2.17. The van der Waals surface area contributed by atoms with Gasteiger partial charge in [-0.05, 0) is 48.9 Å². The number of carbonyl (C=O) groups excluding carboxylic acids is 1. The molecule has 0 bridgehead atoms. The van der Waals surface area contributed by atoms with Crippen LogP contribution in [0.4, 0.5) is 5.69 Å². The third-order valence-electron chi connectivity index (χ3n) is 3.51. The normalized spacial score (nSPS) is 22.4. The Hall–Kier alpha value is -1.51. The topological polar surface area (TPSA) is 55.1 Å². The molecule has 0 radical (unpaired) electrons. The van der Waals surface area contributed by atoms with Gasteiger partial charge in [-0.25, -0.2) is 0 Å². The van der Waals surface area contributed by atoms with E-state index in [-0.39, 0.29) is 5.91 Å². The molecule has 3 heteroatoms. The molecule has 0 spiro atoms. The molecule has 17 heavy (non-hydrogen) atoms. The minimum atomic E-state index is -0.376. The fourth-order valence-electron chi connectivity index (χ4n) is 2.53. The first-order valence-corrected chi connectivity index (χ1v) is 6.13. The number of benzene rings is 1. The van der Waals surface area contributed by atoms with Crippen molar-refractivity contribution in [1.29, 1.82) is 0 Å². The highest BCUT2D eigenvalue weighted by molar-refractivity contribution is 5.93. The zero-order valence-electron chi connectivity index (χ0n) is 10.5. The molecule has 1 unspecified atom stereocenters. The number of rotatable bonds is 3. The second-order valence-electron chi connectivity index (χ2n) is 5.69. The Morgan fingerprint density at radius 3 is 2.47 bits per heavy atom. The zero-order valence-corrected chi connectivity index (χ0v) is 10.5. The molecule has 1 aliphatic carbocycles. The average molecular weight is 232 g/mol. The Morgan fingerprint density at radius 2 is 2.00 bits per heavy atom. The molecular weight excluding hydrogens is 212 g/mol. The van der Waals surface area contributed by atoms with Gasteiger partial charge in [0, 0.05) is 17.3 Å². The van der Waals surface area contributed by atoms with Gasteiger partial charge in [-0.3, -0.25) is 4.79 Å². The van der Waals surface area contributed by atoms with Gasteiger partial charge < -0.3 is 11.1 Å². The summed E-state index contributed by atoms with van der Waals surface area (Å²) >= 11 is 0. The highest BCUT2D eigenvalue weighted by Gasteiger charge is 2.30. The summed E-state index contributed by atoms with van der Waals surface area (Å²) < 4.78 is 0. The quantitative estimate of drug-likeness (QED) is 0.842. The molecule has 0 aromatic heterocycles. The predicted molar refractivity (Wildman–Crippen MR) is 70.0 cm³/mol. The molecule has 1 fully saturated rings. The molecule has 0 heterocycles. The lowest BCUT2D eigenvalue weighted by atomic mass is 9.92. The standard InChI is InChI=1S/C14H20N2O/c1-14(2)8-7-12(9-14)16-11-5-3-10(4-6-11)13(15)17/h3-6,12,16H,7-9H2,1-2H3,(H2,15,17). The largest absolute Gasteiger partial charge is 0.382 e. The monoisotopic (exact) mass is 232 g/mol. The van der Waals surface area contributed by atoms with Gasteiger partial charge in [-0.2, -0.15) is 0 Å². The molecule has 1 aromatic rings. The molecule has 3 N–H and O–H groups in total. The maximum Gasteiger partial charge on any atom is 0.248 e. The number of amides is 1. The Balaban J connectivity index is 1.98. The first kappa shape index (κ1) is 12.0. The van der Waals surface area contributed by atoms with Crippen LogP contribution in [0.15, 0.2) is 24.3 Å². The molecule has 0 saturated heterocycles. The van der Waals surface area contributed by atoms with Crippen molar-refractivity contribution < 1.29 is 4.79 Å². The van der Waals surface area contributed by atoms with Gasteiger partial charge in [0.1, 0.15) is 0 Å². The van der Waals surface area contributed by atoms with Crippen LogP contribution in [0.1, 0.15) is 43.5 Å². The minimum Gasteiger partial charge on any atom is -0.382 e. The van der Waals surface area contributed by atoms with Crippen LogP contribution >= 0.6 is 0 Å². The SMILES string of the molecule is CC1(C)CCC(Nc2ccc(C(N)=O)cc2)C1. The average Bonchev–Trinajstić information content (AvgIpc) is 2.59. The Bertz CT molecular complexity index is 409. The summed E-state index contributed by atoms with van der Waals surface area (Å²) in [6.07, 6.45) is 3.68. The molecule has 0 aliphatic heterocycles. The van der Waals surface area contributed by atoms with Gasteiger partial charge in [-0.15, -0.1) is 0 Å². The van der Waals surface area contributed by atoms with Crippen molar-refractivity contribution in [2.24, 2.45) is 11.1 Å². The summed E-state index contributed by atoms with van der Waals surface area (Å²) in [7, 11) is 0. The van der Waals surface area contributed by atoms with Crippen molar-refractivity contribution >= 4 is 11.6 Å². The fraction of sp³-hybridized carbons (Fsp3) is 0.500. The first-order chi connectivity index (χ1) is 7.96. The van der Waals surface area contributed by atoms with Gasteiger partial charge in [-0.1, -0.05) is 13.8 Å². The Labute approximate surface area is 102 Å². The maximum absolute atomic E-state index is 10.9. The molecule has 1 amide bonds. The number of hydrogen-bond acceptors (Lipinski definition) is 2. The van der Waals surface area contributed by atoms with Gasteiger partial charge in [0.05, 0.1) is 0 Å². The molecule has 3 nitrogen and oxygen atoms in total. The molecule has 1 saturated carbocycles. The number of anilines is 1. The van der Waals surface area contributed by atoms with Crippen LogP contribution in [-0.2, 0) is 0 Å². The van der Waals surface area contributed by atoms with Crippen LogP contribution in [0.25, 0.3) is 0 Å². The van der Waals surface area contributed by atoms with E-state index in [4.69, 9.17) is 5.73 Å². The van der Waals surface area contributed by atoms with Crippen molar-refractivity contribution in [3.8, 4) is 0 Å². The zero-order chi connectivity index (χ0) is 12.5. The lowest BCUT2D eigenvalue weighted by Gasteiger charge is -2.18. The van der Waals surface area contributed by atoms with E-state index >= 15 is 0 Å². The van der Waals surface area contributed by atoms with E-state index in [1.807, 2.05) is 12.1 Å². The van der Waals surface area contributed by atoms with Crippen LogP contribution in [0.5, 0.6) is 0 Å². The molecule has 92 valence electrons. The van der Waals surface area contributed by atoms with E-state index in [9.17, 15) is 4.79 Å². The number of carbonyl (C=O) groups is 1. The second kappa shape index (κ2) is 4.40. The number of primary amides is 1.